The lowest BCUT2D eigenvalue weighted by Gasteiger charge is -2.33. The van der Waals surface area contributed by atoms with Crippen LogP contribution in [0.3, 0.4) is 0 Å². The third kappa shape index (κ3) is 3.60. The number of amides is 2. The summed E-state index contributed by atoms with van der Waals surface area (Å²) in [6.07, 6.45) is 3.04. The van der Waals surface area contributed by atoms with Crippen LogP contribution in [0.25, 0.3) is 5.69 Å². The second-order valence-corrected chi connectivity index (χ2v) is 5.57. The molecule has 8 nitrogen and oxygen atoms in total. The van der Waals surface area contributed by atoms with Crippen molar-refractivity contribution in [3.63, 3.8) is 0 Å². The molecule has 1 fully saturated rings. The van der Waals surface area contributed by atoms with Crippen molar-refractivity contribution < 1.29 is 9.59 Å². The van der Waals surface area contributed by atoms with Gasteiger partial charge in [-0.3, -0.25) is 9.59 Å². The van der Waals surface area contributed by atoms with Gasteiger partial charge in [-0.05, 0) is 30.8 Å². The van der Waals surface area contributed by atoms with E-state index in [0.29, 0.717) is 18.8 Å². The first-order chi connectivity index (χ1) is 11.7. The molecule has 0 aliphatic carbocycles. The number of hydrogen-bond donors (Lipinski definition) is 1. The summed E-state index contributed by atoms with van der Waals surface area (Å²) in [7, 11) is 0. The smallest absolute Gasteiger partial charge is 0.313 e. The number of aromatic nitrogens is 3. The molecule has 24 heavy (non-hydrogen) atoms. The number of rotatable bonds is 3. The van der Waals surface area contributed by atoms with Gasteiger partial charge in [-0.1, -0.05) is 6.92 Å². The van der Waals surface area contributed by atoms with E-state index in [4.69, 9.17) is 0 Å². The Kier molecular flexibility index (Phi) is 4.85. The van der Waals surface area contributed by atoms with Crippen LogP contribution in [0.5, 0.6) is 0 Å². The predicted molar refractivity (Wildman–Crippen MR) is 88.7 cm³/mol. The molecule has 2 heterocycles. The summed E-state index contributed by atoms with van der Waals surface area (Å²) in [5.41, 5.74) is 1.40. The molecule has 0 spiro atoms. The molecular weight excluding hydrogens is 308 g/mol. The number of carbonyl (C=O) groups excluding carboxylic acids is 2. The van der Waals surface area contributed by atoms with E-state index in [2.05, 4.69) is 27.2 Å². The van der Waals surface area contributed by atoms with E-state index in [1.807, 2.05) is 0 Å². The lowest BCUT2D eigenvalue weighted by Crippen LogP contribution is -2.51. The number of likely N-dealkylation sites (N-methyl/N-ethyl adjacent to an activating group) is 1. The summed E-state index contributed by atoms with van der Waals surface area (Å²) in [5.74, 6) is -1.08. The normalized spacial score (nSPS) is 15.3. The Bertz CT molecular complexity index is 690. The maximum atomic E-state index is 12.2. The minimum Gasteiger partial charge on any atom is -0.332 e. The van der Waals surface area contributed by atoms with Crippen molar-refractivity contribution in [3.05, 3.63) is 36.9 Å². The maximum Gasteiger partial charge on any atom is 0.313 e. The highest BCUT2D eigenvalue weighted by Gasteiger charge is 2.25. The van der Waals surface area contributed by atoms with E-state index < -0.39 is 11.8 Å². The van der Waals surface area contributed by atoms with Gasteiger partial charge in [0.05, 0.1) is 5.69 Å². The fraction of sp³-hybridized carbons (Fsp3) is 0.375. The van der Waals surface area contributed by atoms with Crippen molar-refractivity contribution in [1.82, 2.24) is 24.6 Å². The molecule has 1 saturated heterocycles. The number of anilines is 1. The van der Waals surface area contributed by atoms with Gasteiger partial charge in [-0.15, -0.1) is 0 Å². The zero-order valence-electron chi connectivity index (χ0n) is 13.6. The van der Waals surface area contributed by atoms with Gasteiger partial charge in [0.2, 0.25) is 0 Å². The van der Waals surface area contributed by atoms with E-state index >= 15 is 0 Å². The number of carbonyl (C=O) groups is 2. The summed E-state index contributed by atoms with van der Waals surface area (Å²) in [4.78, 5) is 32.1. The number of nitrogens with zero attached hydrogens (tertiary/aromatic N) is 5. The fourth-order valence-corrected chi connectivity index (χ4v) is 2.63. The molecular formula is C16H20N6O2. The highest BCUT2D eigenvalue weighted by molar-refractivity contribution is 6.39. The number of nitrogens with one attached hydrogen (secondary N) is 1. The van der Waals surface area contributed by atoms with Crippen LogP contribution < -0.4 is 5.32 Å². The van der Waals surface area contributed by atoms with Crippen molar-refractivity contribution in [3.8, 4) is 5.69 Å². The number of hydrogen-bond acceptors (Lipinski definition) is 5. The SMILES string of the molecule is CCN1CCN(C(=O)C(=O)Nc2ccc(-n3cncn3)cc2)CC1. The Hall–Kier alpha value is -2.74. The molecule has 0 saturated carbocycles. The van der Waals surface area contributed by atoms with Crippen molar-refractivity contribution in [2.75, 3.05) is 38.0 Å². The van der Waals surface area contributed by atoms with E-state index in [1.165, 1.54) is 6.33 Å². The van der Waals surface area contributed by atoms with Crippen LogP contribution in [0.1, 0.15) is 6.92 Å². The monoisotopic (exact) mass is 328 g/mol. The van der Waals surface area contributed by atoms with E-state index in [9.17, 15) is 9.59 Å². The molecule has 1 aromatic heterocycles. The van der Waals surface area contributed by atoms with Crippen LogP contribution in [-0.4, -0.2) is 69.1 Å². The van der Waals surface area contributed by atoms with Gasteiger partial charge in [-0.25, -0.2) is 9.67 Å². The number of piperazine rings is 1. The van der Waals surface area contributed by atoms with Gasteiger partial charge in [0.15, 0.2) is 0 Å². The van der Waals surface area contributed by atoms with Crippen molar-refractivity contribution in [1.29, 1.82) is 0 Å². The first-order valence-electron chi connectivity index (χ1n) is 7.95. The highest BCUT2D eigenvalue weighted by atomic mass is 16.2. The van der Waals surface area contributed by atoms with E-state index in [0.717, 1.165) is 25.3 Å². The topological polar surface area (TPSA) is 83.4 Å². The molecule has 0 unspecified atom stereocenters. The van der Waals surface area contributed by atoms with Crippen LogP contribution in [0.4, 0.5) is 5.69 Å². The first kappa shape index (κ1) is 16.1. The van der Waals surface area contributed by atoms with Gasteiger partial charge < -0.3 is 15.1 Å². The van der Waals surface area contributed by atoms with Gasteiger partial charge in [0.25, 0.3) is 0 Å². The Balaban J connectivity index is 1.57. The largest absolute Gasteiger partial charge is 0.332 e. The molecule has 8 heteroatoms. The zero-order valence-corrected chi connectivity index (χ0v) is 13.6. The second-order valence-electron chi connectivity index (χ2n) is 5.57. The molecule has 0 radical (unpaired) electrons. The molecule has 1 aliphatic heterocycles. The molecule has 1 N–H and O–H groups in total. The molecule has 3 rings (SSSR count). The summed E-state index contributed by atoms with van der Waals surface area (Å²) in [6.45, 7) is 5.85. The molecule has 1 aromatic carbocycles. The predicted octanol–water partition coefficient (Wildman–Crippen LogP) is 0.370. The van der Waals surface area contributed by atoms with Crippen LogP contribution in [0, 0.1) is 0 Å². The van der Waals surface area contributed by atoms with E-state index in [-0.39, 0.29) is 0 Å². The van der Waals surface area contributed by atoms with Crippen LogP contribution in [0.15, 0.2) is 36.9 Å². The first-order valence-corrected chi connectivity index (χ1v) is 7.95. The second kappa shape index (κ2) is 7.22. The average Bonchev–Trinajstić information content (AvgIpc) is 3.16. The van der Waals surface area contributed by atoms with Crippen LogP contribution in [0.2, 0.25) is 0 Å². The molecule has 126 valence electrons. The minimum absolute atomic E-state index is 0.480. The van der Waals surface area contributed by atoms with Crippen LogP contribution >= 0.6 is 0 Å². The lowest BCUT2D eigenvalue weighted by atomic mass is 10.2. The Labute approximate surface area is 140 Å². The van der Waals surface area contributed by atoms with Crippen molar-refractivity contribution in [2.45, 2.75) is 6.92 Å². The Morgan fingerprint density at radius 3 is 2.42 bits per heavy atom. The summed E-state index contributed by atoms with van der Waals surface area (Å²) < 4.78 is 1.62. The van der Waals surface area contributed by atoms with Gasteiger partial charge in [0, 0.05) is 31.9 Å². The van der Waals surface area contributed by atoms with Crippen LogP contribution in [-0.2, 0) is 9.59 Å². The van der Waals surface area contributed by atoms with Gasteiger partial charge in [-0.2, -0.15) is 5.10 Å². The third-order valence-corrected chi connectivity index (χ3v) is 4.11. The van der Waals surface area contributed by atoms with Crippen molar-refractivity contribution in [2.24, 2.45) is 0 Å². The lowest BCUT2D eigenvalue weighted by molar-refractivity contribution is -0.144. The minimum atomic E-state index is -0.603. The number of benzene rings is 1. The molecule has 2 aromatic rings. The summed E-state index contributed by atoms with van der Waals surface area (Å²) in [5, 5.41) is 6.68. The Morgan fingerprint density at radius 2 is 1.83 bits per heavy atom. The fourth-order valence-electron chi connectivity index (χ4n) is 2.63. The van der Waals surface area contributed by atoms with E-state index in [1.54, 1.807) is 40.2 Å². The Morgan fingerprint density at radius 1 is 1.12 bits per heavy atom. The molecule has 0 bridgehead atoms. The average molecular weight is 328 g/mol. The zero-order chi connectivity index (χ0) is 16.9. The van der Waals surface area contributed by atoms with Gasteiger partial charge >= 0.3 is 11.8 Å². The summed E-state index contributed by atoms with van der Waals surface area (Å²) in [6, 6.07) is 7.07. The third-order valence-electron chi connectivity index (χ3n) is 4.11. The van der Waals surface area contributed by atoms with Crippen molar-refractivity contribution >= 4 is 17.5 Å². The molecule has 0 atom stereocenters. The van der Waals surface area contributed by atoms with Gasteiger partial charge in [0.1, 0.15) is 12.7 Å². The maximum absolute atomic E-state index is 12.2. The summed E-state index contributed by atoms with van der Waals surface area (Å²) >= 11 is 0. The molecule has 2 amide bonds. The standard InChI is InChI=1S/C16H20N6O2/c1-2-20-7-9-21(10-8-20)16(24)15(23)19-13-3-5-14(6-4-13)22-12-17-11-18-22/h3-6,11-12H,2,7-10H2,1H3,(H,19,23). The highest BCUT2D eigenvalue weighted by Crippen LogP contribution is 2.12. The molecule has 1 aliphatic rings. The quantitative estimate of drug-likeness (QED) is 0.823.